The Morgan fingerprint density at radius 3 is 2.70 bits per heavy atom. The molecule has 4 rings (SSSR count). The van der Waals surface area contributed by atoms with E-state index in [1.807, 2.05) is 6.07 Å². The van der Waals surface area contributed by atoms with Crippen molar-refractivity contribution in [2.24, 2.45) is 5.73 Å². The molecule has 1 fully saturated rings. The number of allylic oxidation sites excluding steroid dienone is 1. The number of nitriles is 1. The summed E-state index contributed by atoms with van der Waals surface area (Å²) in [6.45, 7) is -0.464. The van der Waals surface area contributed by atoms with Crippen LogP contribution in [-0.4, -0.2) is 18.3 Å². The molecule has 0 spiro atoms. The summed E-state index contributed by atoms with van der Waals surface area (Å²) in [5, 5.41) is 19.1. The molecule has 1 aromatic heterocycles. The quantitative estimate of drug-likeness (QED) is 0.770. The first-order valence-corrected chi connectivity index (χ1v) is 9.75. The molecule has 1 atom stereocenters. The summed E-state index contributed by atoms with van der Waals surface area (Å²) in [5.74, 6) is 0.253. The van der Waals surface area contributed by atoms with Crippen molar-refractivity contribution in [2.45, 2.75) is 44.3 Å². The molecule has 1 unspecified atom stereocenters. The van der Waals surface area contributed by atoms with Gasteiger partial charge in [0.2, 0.25) is 17.1 Å². The molecule has 2 aromatic rings. The molecule has 2 heterocycles. The van der Waals surface area contributed by atoms with Crippen LogP contribution in [0.4, 0.5) is 0 Å². The van der Waals surface area contributed by atoms with E-state index < -0.39 is 18.0 Å². The number of nitrogens with two attached hydrogens (primary N) is 1. The van der Waals surface area contributed by atoms with E-state index in [9.17, 15) is 15.2 Å². The number of aliphatic hydroxyl groups is 1. The predicted octanol–water partition coefficient (Wildman–Crippen LogP) is 2.68. The highest BCUT2D eigenvalue weighted by Gasteiger charge is 2.35. The fourth-order valence-electron chi connectivity index (χ4n) is 3.94. The van der Waals surface area contributed by atoms with Crippen molar-refractivity contribution in [2.75, 3.05) is 7.11 Å². The molecule has 8 nitrogen and oxygen atoms in total. The number of benzene rings is 1. The molecule has 1 aliphatic heterocycles. The Bertz CT molecular complexity index is 1090. The van der Waals surface area contributed by atoms with E-state index in [1.165, 1.54) is 7.11 Å². The minimum atomic E-state index is -0.785. The topological polar surface area (TPSA) is 128 Å². The molecule has 0 bridgehead atoms. The zero-order valence-corrected chi connectivity index (χ0v) is 16.5. The predicted molar refractivity (Wildman–Crippen MR) is 106 cm³/mol. The number of rotatable bonds is 5. The number of hydrogen-bond donors (Lipinski definition) is 2. The number of methoxy groups -OCH3 is 1. The normalized spacial score (nSPS) is 18.5. The van der Waals surface area contributed by atoms with Gasteiger partial charge in [0.05, 0.1) is 19.1 Å². The Kier molecular flexibility index (Phi) is 5.38. The monoisotopic (exact) mass is 410 g/mol. The molecule has 3 N–H and O–H groups in total. The van der Waals surface area contributed by atoms with Crippen LogP contribution in [-0.2, 0) is 6.61 Å². The van der Waals surface area contributed by atoms with Gasteiger partial charge in [0.15, 0.2) is 17.3 Å². The Morgan fingerprint density at radius 2 is 2.03 bits per heavy atom. The molecule has 0 amide bonds. The van der Waals surface area contributed by atoms with Crippen LogP contribution in [0.3, 0.4) is 0 Å². The minimum absolute atomic E-state index is 0.0678. The van der Waals surface area contributed by atoms with Crippen LogP contribution < -0.4 is 25.4 Å². The van der Waals surface area contributed by atoms with Gasteiger partial charge in [0, 0.05) is 6.07 Å². The SMILES string of the molecule is COc1cc(C2C(C#N)=C(N)Oc3c2oc(CO)cc3=O)ccc1OC1CCCC1. The first-order valence-electron chi connectivity index (χ1n) is 9.75. The standard InChI is InChI=1S/C22H22N2O6/c1-27-18-8-12(6-7-17(18)28-13-4-2-3-5-13)19-15(10-23)22(24)30-20-16(26)9-14(11-25)29-21(19)20/h6-9,13,19,25H,2-5,11,24H2,1H3. The van der Waals surface area contributed by atoms with E-state index >= 15 is 0 Å². The largest absolute Gasteiger partial charge is 0.493 e. The van der Waals surface area contributed by atoms with Crippen LogP contribution in [0.15, 0.2) is 44.9 Å². The summed E-state index contributed by atoms with van der Waals surface area (Å²) >= 11 is 0. The first-order chi connectivity index (χ1) is 14.5. The molecule has 1 aromatic carbocycles. The second-order valence-electron chi connectivity index (χ2n) is 7.29. The third kappa shape index (κ3) is 3.48. The van der Waals surface area contributed by atoms with Gasteiger partial charge in [-0.2, -0.15) is 5.26 Å². The van der Waals surface area contributed by atoms with Crippen LogP contribution in [0, 0.1) is 11.3 Å². The number of nitrogens with zero attached hydrogens (tertiary/aromatic N) is 1. The Morgan fingerprint density at radius 1 is 1.27 bits per heavy atom. The van der Waals surface area contributed by atoms with Gasteiger partial charge in [-0.3, -0.25) is 4.79 Å². The lowest BCUT2D eigenvalue weighted by molar-refractivity contribution is 0.200. The van der Waals surface area contributed by atoms with Crippen molar-refractivity contribution >= 4 is 0 Å². The lowest BCUT2D eigenvalue weighted by atomic mass is 9.87. The van der Waals surface area contributed by atoms with Crippen molar-refractivity contribution in [3.8, 4) is 23.3 Å². The van der Waals surface area contributed by atoms with Crippen LogP contribution in [0.1, 0.15) is 48.7 Å². The molecular formula is C22H22N2O6. The molecule has 8 heteroatoms. The molecule has 2 aliphatic rings. The molecule has 1 aliphatic carbocycles. The van der Waals surface area contributed by atoms with Gasteiger partial charge >= 0.3 is 0 Å². The van der Waals surface area contributed by atoms with Crippen LogP contribution >= 0.6 is 0 Å². The fourth-order valence-corrected chi connectivity index (χ4v) is 3.94. The Hall–Kier alpha value is -3.44. The summed E-state index contributed by atoms with van der Waals surface area (Å²) in [4.78, 5) is 12.4. The smallest absolute Gasteiger partial charge is 0.228 e. The second-order valence-corrected chi connectivity index (χ2v) is 7.29. The minimum Gasteiger partial charge on any atom is -0.493 e. The van der Waals surface area contributed by atoms with E-state index in [1.54, 1.807) is 18.2 Å². The van der Waals surface area contributed by atoms with Crippen LogP contribution in [0.5, 0.6) is 17.2 Å². The van der Waals surface area contributed by atoms with Gasteiger partial charge in [0.25, 0.3) is 0 Å². The zero-order valence-electron chi connectivity index (χ0n) is 16.5. The Labute approximate surface area is 173 Å². The highest BCUT2D eigenvalue weighted by Crippen LogP contribution is 2.43. The molecule has 0 radical (unpaired) electrons. The van der Waals surface area contributed by atoms with Gasteiger partial charge in [-0.15, -0.1) is 0 Å². The fraction of sp³-hybridized carbons (Fsp3) is 0.364. The van der Waals surface area contributed by atoms with Crippen LogP contribution in [0.2, 0.25) is 0 Å². The van der Waals surface area contributed by atoms with Gasteiger partial charge in [0.1, 0.15) is 24.0 Å². The average molecular weight is 410 g/mol. The molecular weight excluding hydrogens is 388 g/mol. The number of fused-ring (bicyclic) bond motifs is 1. The summed E-state index contributed by atoms with van der Waals surface area (Å²) in [7, 11) is 1.54. The highest BCUT2D eigenvalue weighted by atomic mass is 16.5. The summed E-state index contributed by atoms with van der Waals surface area (Å²) in [5.41, 5.74) is 6.16. The van der Waals surface area contributed by atoms with Gasteiger partial charge < -0.3 is 29.5 Å². The summed E-state index contributed by atoms with van der Waals surface area (Å²) in [6.07, 6.45) is 4.46. The van der Waals surface area contributed by atoms with Crippen molar-refractivity contribution in [3.63, 3.8) is 0 Å². The van der Waals surface area contributed by atoms with Crippen molar-refractivity contribution in [1.29, 1.82) is 5.26 Å². The van der Waals surface area contributed by atoms with Gasteiger partial charge in [-0.1, -0.05) is 6.07 Å². The van der Waals surface area contributed by atoms with E-state index in [2.05, 4.69) is 0 Å². The first kappa shape index (κ1) is 19.9. The van der Waals surface area contributed by atoms with E-state index in [0.29, 0.717) is 17.1 Å². The summed E-state index contributed by atoms with van der Waals surface area (Å²) < 4.78 is 22.7. The van der Waals surface area contributed by atoms with Crippen molar-refractivity contribution in [1.82, 2.24) is 0 Å². The second kappa shape index (κ2) is 8.13. The third-order valence-corrected chi connectivity index (χ3v) is 5.40. The maximum Gasteiger partial charge on any atom is 0.228 e. The molecule has 156 valence electrons. The van der Waals surface area contributed by atoms with E-state index in [4.69, 9.17) is 24.4 Å². The maximum absolute atomic E-state index is 12.4. The lowest BCUT2D eigenvalue weighted by Crippen LogP contribution is -2.25. The average Bonchev–Trinajstić information content (AvgIpc) is 3.26. The zero-order chi connectivity index (χ0) is 21.3. The van der Waals surface area contributed by atoms with Gasteiger partial charge in [-0.05, 0) is 43.4 Å². The van der Waals surface area contributed by atoms with Gasteiger partial charge in [-0.25, -0.2) is 0 Å². The molecule has 30 heavy (non-hydrogen) atoms. The van der Waals surface area contributed by atoms with Crippen LogP contribution in [0.25, 0.3) is 0 Å². The van der Waals surface area contributed by atoms with Crippen molar-refractivity contribution < 1.29 is 23.7 Å². The number of hydrogen-bond acceptors (Lipinski definition) is 8. The maximum atomic E-state index is 12.4. The Balaban J connectivity index is 1.81. The third-order valence-electron chi connectivity index (χ3n) is 5.40. The number of aliphatic hydroxyl groups excluding tert-OH is 1. The molecule has 1 saturated carbocycles. The number of ether oxygens (including phenoxy) is 3. The van der Waals surface area contributed by atoms with E-state index in [0.717, 1.165) is 31.7 Å². The van der Waals surface area contributed by atoms with E-state index in [-0.39, 0.29) is 34.8 Å². The molecule has 0 saturated heterocycles. The summed E-state index contributed by atoms with van der Waals surface area (Å²) in [6, 6.07) is 8.48. The lowest BCUT2D eigenvalue weighted by Gasteiger charge is -2.25. The highest BCUT2D eigenvalue weighted by molar-refractivity contribution is 5.55. The van der Waals surface area contributed by atoms with Crippen molar-refractivity contribution in [3.05, 3.63) is 63.0 Å².